The minimum Gasteiger partial charge on any atom is -0.508 e. The highest BCUT2D eigenvalue weighted by Crippen LogP contribution is 2.26. The molecular formula is C25H40O5. The van der Waals surface area contributed by atoms with Crippen LogP contribution in [0.3, 0.4) is 0 Å². The summed E-state index contributed by atoms with van der Waals surface area (Å²) in [5, 5.41) is 28.2. The van der Waals surface area contributed by atoms with E-state index >= 15 is 0 Å². The van der Waals surface area contributed by atoms with Gasteiger partial charge in [-0.1, -0.05) is 38.2 Å². The zero-order chi connectivity index (χ0) is 22.8. The van der Waals surface area contributed by atoms with Gasteiger partial charge >= 0.3 is 11.9 Å². The van der Waals surface area contributed by atoms with Crippen molar-refractivity contribution >= 4 is 11.9 Å². The van der Waals surface area contributed by atoms with Crippen molar-refractivity contribution in [2.45, 2.75) is 98.3 Å². The molecule has 3 N–H and O–H groups in total. The quantitative estimate of drug-likeness (QED) is 0.293. The highest BCUT2D eigenvalue weighted by Gasteiger charge is 2.26. The molecule has 0 aromatic heterocycles. The average molecular weight is 421 g/mol. The van der Waals surface area contributed by atoms with Gasteiger partial charge in [-0.2, -0.15) is 0 Å². The Morgan fingerprint density at radius 1 is 0.700 bits per heavy atom. The zero-order valence-corrected chi connectivity index (χ0v) is 19.2. The first-order valence-electron chi connectivity index (χ1n) is 11.2. The highest BCUT2D eigenvalue weighted by molar-refractivity contribution is 5.73. The van der Waals surface area contributed by atoms with Gasteiger partial charge < -0.3 is 15.3 Å². The summed E-state index contributed by atoms with van der Waals surface area (Å²) in [6.45, 7) is 7.10. The molecule has 30 heavy (non-hydrogen) atoms. The molecule has 0 saturated carbocycles. The maximum Gasteiger partial charge on any atom is 0.309 e. The fourth-order valence-electron chi connectivity index (χ4n) is 3.60. The first-order valence-corrected chi connectivity index (χ1v) is 11.2. The third-order valence-electron chi connectivity index (χ3n) is 6.09. The smallest absolute Gasteiger partial charge is 0.309 e. The molecular weight excluding hydrogens is 380 g/mol. The summed E-state index contributed by atoms with van der Waals surface area (Å²) in [5.41, 5.74) is 1.13. The average Bonchev–Trinajstić information content (AvgIpc) is 2.65. The van der Waals surface area contributed by atoms with E-state index in [-0.39, 0.29) is 0 Å². The predicted molar refractivity (Wildman–Crippen MR) is 120 cm³/mol. The lowest BCUT2D eigenvalue weighted by Crippen LogP contribution is -2.23. The summed E-state index contributed by atoms with van der Waals surface area (Å²) in [4.78, 5) is 22.3. The minimum absolute atomic E-state index is 0.292. The molecule has 0 atom stereocenters. The van der Waals surface area contributed by atoms with Crippen molar-refractivity contribution in [1.82, 2.24) is 0 Å². The number of aliphatic carboxylic acids is 2. The first-order chi connectivity index (χ1) is 14.0. The van der Waals surface area contributed by atoms with Crippen LogP contribution in [-0.2, 0) is 22.4 Å². The van der Waals surface area contributed by atoms with Crippen molar-refractivity contribution in [2.75, 3.05) is 0 Å². The predicted octanol–water partition coefficient (Wildman–Crippen LogP) is 6.21. The Morgan fingerprint density at radius 2 is 1.13 bits per heavy atom. The molecule has 0 aliphatic rings. The molecule has 0 amide bonds. The SMILES string of the molecule is CC(C)(CCCCCCc1cc(O)ccc1CCCCCC(C)(C)C(=O)O)C(=O)O. The van der Waals surface area contributed by atoms with Crippen molar-refractivity contribution in [1.29, 1.82) is 0 Å². The van der Waals surface area contributed by atoms with Gasteiger partial charge in [0.1, 0.15) is 5.75 Å². The highest BCUT2D eigenvalue weighted by atomic mass is 16.4. The van der Waals surface area contributed by atoms with Crippen LogP contribution in [0.25, 0.3) is 0 Å². The van der Waals surface area contributed by atoms with E-state index in [2.05, 4.69) is 0 Å². The number of hydrogen-bond donors (Lipinski definition) is 3. The fourth-order valence-corrected chi connectivity index (χ4v) is 3.60. The molecule has 0 spiro atoms. The molecule has 0 unspecified atom stereocenters. The number of carboxylic acids is 2. The summed E-state index contributed by atoms with van der Waals surface area (Å²) in [7, 11) is 0. The van der Waals surface area contributed by atoms with Crippen molar-refractivity contribution in [3.05, 3.63) is 29.3 Å². The Hall–Kier alpha value is -2.04. The van der Waals surface area contributed by atoms with Crippen LogP contribution in [0, 0.1) is 10.8 Å². The largest absolute Gasteiger partial charge is 0.508 e. The summed E-state index contributed by atoms with van der Waals surface area (Å²) in [6, 6.07) is 5.60. The van der Waals surface area contributed by atoms with Crippen LogP contribution >= 0.6 is 0 Å². The number of carboxylic acid groups (broad SMARTS) is 2. The third kappa shape index (κ3) is 9.19. The van der Waals surface area contributed by atoms with E-state index in [1.54, 1.807) is 33.8 Å². The fraction of sp³-hybridized carbons (Fsp3) is 0.680. The topological polar surface area (TPSA) is 94.8 Å². The number of benzene rings is 1. The maximum absolute atomic E-state index is 11.2. The molecule has 0 aliphatic heterocycles. The number of phenols is 1. The lowest BCUT2D eigenvalue weighted by atomic mass is 9.86. The number of hydrogen-bond acceptors (Lipinski definition) is 3. The summed E-state index contributed by atoms with van der Waals surface area (Å²) < 4.78 is 0. The Bertz CT molecular complexity index is 691. The van der Waals surface area contributed by atoms with Crippen molar-refractivity contribution in [3.8, 4) is 5.75 Å². The van der Waals surface area contributed by atoms with Crippen LogP contribution in [0.2, 0.25) is 0 Å². The Morgan fingerprint density at radius 3 is 1.63 bits per heavy atom. The van der Waals surface area contributed by atoms with Gasteiger partial charge in [0.2, 0.25) is 0 Å². The maximum atomic E-state index is 11.2. The number of phenolic OH excluding ortho intramolecular Hbond substituents is 1. The standard InChI is InChI=1S/C25H40O5/c1-24(2,22(27)28)16-10-6-5-8-13-20-18-21(26)15-14-19(20)12-9-7-11-17-25(3,4)23(29)30/h14-15,18,26H,5-13,16-17H2,1-4H3,(H,27,28)(H,29,30). The van der Waals surface area contributed by atoms with E-state index in [0.717, 1.165) is 57.8 Å². The minimum atomic E-state index is -0.741. The lowest BCUT2D eigenvalue weighted by Gasteiger charge is -2.18. The van der Waals surface area contributed by atoms with Crippen LogP contribution in [0.5, 0.6) is 5.75 Å². The van der Waals surface area contributed by atoms with Gasteiger partial charge in [0.25, 0.3) is 0 Å². The number of aryl methyl sites for hydroxylation is 2. The van der Waals surface area contributed by atoms with E-state index in [4.69, 9.17) is 5.11 Å². The zero-order valence-electron chi connectivity index (χ0n) is 19.2. The molecule has 0 bridgehead atoms. The Labute approximate surface area is 181 Å². The van der Waals surface area contributed by atoms with Crippen molar-refractivity contribution in [2.24, 2.45) is 10.8 Å². The lowest BCUT2D eigenvalue weighted by molar-refractivity contribution is -0.148. The van der Waals surface area contributed by atoms with Gasteiger partial charge in [-0.05, 0) is 89.5 Å². The van der Waals surface area contributed by atoms with Gasteiger partial charge in [-0.25, -0.2) is 0 Å². The van der Waals surface area contributed by atoms with Crippen LogP contribution in [0.15, 0.2) is 18.2 Å². The second-order valence-electron chi connectivity index (χ2n) is 9.81. The van der Waals surface area contributed by atoms with Crippen LogP contribution in [-0.4, -0.2) is 27.3 Å². The molecule has 1 rings (SSSR count). The van der Waals surface area contributed by atoms with E-state index in [9.17, 15) is 19.8 Å². The van der Waals surface area contributed by atoms with Crippen molar-refractivity contribution < 1.29 is 24.9 Å². The van der Waals surface area contributed by atoms with E-state index < -0.39 is 22.8 Å². The van der Waals surface area contributed by atoms with Gasteiger partial charge in [0.05, 0.1) is 10.8 Å². The van der Waals surface area contributed by atoms with Crippen LogP contribution in [0.1, 0.15) is 96.6 Å². The molecule has 1 aromatic carbocycles. The van der Waals surface area contributed by atoms with E-state index in [1.807, 2.05) is 12.1 Å². The first kappa shape index (κ1) is 26.0. The number of rotatable bonds is 15. The molecule has 0 fully saturated rings. The molecule has 0 heterocycles. The van der Waals surface area contributed by atoms with E-state index in [0.29, 0.717) is 18.6 Å². The molecule has 170 valence electrons. The molecule has 5 nitrogen and oxygen atoms in total. The Kier molecular flexibility index (Phi) is 10.4. The number of aromatic hydroxyl groups is 1. The molecule has 1 aromatic rings. The monoisotopic (exact) mass is 420 g/mol. The van der Waals surface area contributed by atoms with Gasteiger partial charge in [-0.3, -0.25) is 9.59 Å². The number of unbranched alkanes of at least 4 members (excludes halogenated alkanes) is 5. The normalized spacial score (nSPS) is 12.1. The second-order valence-corrected chi connectivity index (χ2v) is 9.81. The van der Waals surface area contributed by atoms with Gasteiger partial charge in [0, 0.05) is 0 Å². The van der Waals surface area contributed by atoms with E-state index in [1.165, 1.54) is 11.1 Å². The molecule has 5 heteroatoms. The summed E-state index contributed by atoms with van der Waals surface area (Å²) in [6.07, 6.45) is 10.2. The van der Waals surface area contributed by atoms with Gasteiger partial charge in [-0.15, -0.1) is 0 Å². The number of carbonyl (C=O) groups is 2. The third-order valence-corrected chi connectivity index (χ3v) is 6.09. The second kappa shape index (κ2) is 12.0. The Balaban J connectivity index is 2.39. The molecule has 0 aliphatic carbocycles. The molecule has 0 radical (unpaired) electrons. The van der Waals surface area contributed by atoms with Crippen LogP contribution < -0.4 is 0 Å². The van der Waals surface area contributed by atoms with Gasteiger partial charge in [0.15, 0.2) is 0 Å². The summed E-state index contributed by atoms with van der Waals surface area (Å²) in [5.74, 6) is -1.19. The van der Waals surface area contributed by atoms with Crippen molar-refractivity contribution in [3.63, 3.8) is 0 Å². The van der Waals surface area contributed by atoms with Crippen LogP contribution in [0.4, 0.5) is 0 Å². The molecule has 0 saturated heterocycles. The summed E-state index contributed by atoms with van der Waals surface area (Å²) >= 11 is 0.